The maximum Gasteiger partial charge on any atom is 0.173 e. The van der Waals surface area contributed by atoms with Gasteiger partial charge in [0.2, 0.25) is 0 Å². The summed E-state index contributed by atoms with van der Waals surface area (Å²) in [6, 6.07) is -0.0424. The van der Waals surface area contributed by atoms with Gasteiger partial charge in [-0.25, -0.2) is 0 Å². The zero-order valence-electron chi connectivity index (χ0n) is 8.87. The van der Waals surface area contributed by atoms with E-state index < -0.39 is 8.24 Å². The number of aliphatic hydroxyl groups is 1. The lowest BCUT2D eigenvalue weighted by molar-refractivity contribution is 0.401. The molecule has 0 rings (SSSR count). The Morgan fingerprint density at radius 2 is 2.08 bits per heavy atom. The molecule has 1 N–H and O–H groups in total. The Kier molecular flexibility index (Phi) is 4.81. The SMILES string of the molecule is C=CCC(C(O)=S)N(C)[Si](C)(C)C. The van der Waals surface area contributed by atoms with E-state index in [9.17, 15) is 5.11 Å². The summed E-state index contributed by atoms with van der Waals surface area (Å²) in [4.78, 5) is 0. The van der Waals surface area contributed by atoms with Crippen molar-refractivity contribution in [2.75, 3.05) is 7.05 Å². The van der Waals surface area contributed by atoms with E-state index in [1.165, 1.54) is 0 Å². The fourth-order valence-electron chi connectivity index (χ4n) is 1.05. The highest BCUT2D eigenvalue weighted by Gasteiger charge is 2.28. The van der Waals surface area contributed by atoms with E-state index in [2.05, 4.69) is 30.8 Å². The Labute approximate surface area is 87.3 Å². The third kappa shape index (κ3) is 4.02. The van der Waals surface area contributed by atoms with Gasteiger partial charge in [-0.1, -0.05) is 25.7 Å². The van der Waals surface area contributed by atoms with Crippen molar-refractivity contribution in [3.63, 3.8) is 0 Å². The number of likely N-dealkylation sites (N-methyl/N-ethyl adjacent to an activating group) is 1. The maximum absolute atomic E-state index is 9.34. The summed E-state index contributed by atoms with van der Waals surface area (Å²) >= 11 is 4.82. The van der Waals surface area contributed by atoms with Crippen LogP contribution in [0.4, 0.5) is 0 Å². The number of hydrogen-bond acceptors (Lipinski definition) is 2. The molecule has 13 heavy (non-hydrogen) atoms. The maximum atomic E-state index is 9.34. The molecule has 0 radical (unpaired) electrons. The fourth-order valence-corrected chi connectivity index (χ4v) is 2.56. The predicted octanol–water partition coefficient (Wildman–Crippen LogP) is 2.58. The smallest absolute Gasteiger partial charge is 0.173 e. The lowest BCUT2D eigenvalue weighted by atomic mass is 10.2. The molecular formula is C9H19NOSSi. The molecule has 0 saturated heterocycles. The van der Waals surface area contributed by atoms with Crippen molar-refractivity contribution in [2.45, 2.75) is 32.1 Å². The highest BCUT2D eigenvalue weighted by atomic mass is 32.1. The van der Waals surface area contributed by atoms with Gasteiger partial charge in [0, 0.05) is 0 Å². The van der Waals surface area contributed by atoms with Crippen LogP contribution in [0.1, 0.15) is 6.42 Å². The van der Waals surface area contributed by atoms with E-state index >= 15 is 0 Å². The monoisotopic (exact) mass is 217 g/mol. The normalized spacial score (nSPS) is 14.2. The summed E-state index contributed by atoms with van der Waals surface area (Å²) in [5.74, 6) is 0. The molecule has 0 spiro atoms. The number of nitrogens with zero attached hydrogens (tertiary/aromatic N) is 1. The van der Waals surface area contributed by atoms with Crippen LogP contribution in [0.5, 0.6) is 0 Å². The highest BCUT2D eigenvalue weighted by molar-refractivity contribution is 7.80. The van der Waals surface area contributed by atoms with Crippen molar-refractivity contribution in [3.05, 3.63) is 12.7 Å². The summed E-state index contributed by atoms with van der Waals surface area (Å²) in [6.07, 6.45) is 2.51. The number of rotatable bonds is 5. The van der Waals surface area contributed by atoms with E-state index in [1.54, 1.807) is 6.08 Å². The van der Waals surface area contributed by atoms with E-state index in [0.29, 0.717) is 0 Å². The average molecular weight is 217 g/mol. The Hall–Kier alpha value is -0.193. The second-order valence-electron chi connectivity index (χ2n) is 4.16. The molecule has 4 heteroatoms. The van der Waals surface area contributed by atoms with Crippen LogP contribution in [-0.2, 0) is 0 Å². The number of thiocarbonyl (C=S) groups is 1. The van der Waals surface area contributed by atoms with Gasteiger partial charge < -0.3 is 9.67 Å². The third-order valence-corrected chi connectivity index (χ3v) is 4.90. The Morgan fingerprint density at radius 3 is 2.31 bits per heavy atom. The van der Waals surface area contributed by atoms with E-state index in [-0.39, 0.29) is 11.1 Å². The summed E-state index contributed by atoms with van der Waals surface area (Å²) < 4.78 is 2.19. The second kappa shape index (κ2) is 4.88. The van der Waals surface area contributed by atoms with Crippen LogP contribution < -0.4 is 0 Å². The zero-order chi connectivity index (χ0) is 10.6. The minimum atomic E-state index is -1.39. The molecule has 0 fully saturated rings. The minimum absolute atomic E-state index is 0.0424. The van der Waals surface area contributed by atoms with E-state index in [1.807, 2.05) is 7.05 Å². The van der Waals surface area contributed by atoms with Gasteiger partial charge in [-0.3, -0.25) is 0 Å². The van der Waals surface area contributed by atoms with Crippen LogP contribution in [0.2, 0.25) is 19.6 Å². The first-order valence-electron chi connectivity index (χ1n) is 4.37. The molecule has 0 amide bonds. The molecule has 0 aliphatic carbocycles. The van der Waals surface area contributed by atoms with Crippen LogP contribution in [-0.4, -0.2) is 36.0 Å². The molecule has 0 aliphatic rings. The van der Waals surface area contributed by atoms with Gasteiger partial charge in [-0.05, 0) is 25.7 Å². The third-order valence-electron chi connectivity index (χ3n) is 2.20. The molecule has 0 aliphatic heterocycles. The molecule has 0 aromatic carbocycles. The van der Waals surface area contributed by atoms with E-state index in [0.717, 1.165) is 6.42 Å². The van der Waals surface area contributed by atoms with Gasteiger partial charge in [0.05, 0.1) is 6.04 Å². The van der Waals surface area contributed by atoms with Crippen molar-refractivity contribution in [2.24, 2.45) is 0 Å². The average Bonchev–Trinajstić information content (AvgIpc) is 1.96. The largest absolute Gasteiger partial charge is 0.501 e. The van der Waals surface area contributed by atoms with Crippen LogP contribution >= 0.6 is 12.2 Å². The van der Waals surface area contributed by atoms with E-state index in [4.69, 9.17) is 12.2 Å². The molecule has 0 aromatic heterocycles. The molecule has 1 atom stereocenters. The Balaban J connectivity index is 4.55. The van der Waals surface area contributed by atoms with Crippen molar-refractivity contribution in [3.8, 4) is 0 Å². The van der Waals surface area contributed by atoms with Crippen LogP contribution in [0.15, 0.2) is 12.7 Å². The molecule has 76 valence electrons. The van der Waals surface area contributed by atoms with Crippen LogP contribution in [0.3, 0.4) is 0 Å². The molecule has 0 heterocycles. The Morgan fingerprint density at radius 1 is 1.62 bits per heavy atom. The first-order valence-corrected chi connectivity index (χ1v) is 8.23. The standard InChI is InChI=1S/C9H19NOSSi/c1-6-7-8(9(11)12)10(2)13(3,4)5/h6,8H,1,7H2,2-5H3,(H,11,12). The molecule has 0 saturated carbocycles. The molecule has 2 nitrogen and oxygen atoms in total. The summed E-state index contributed by atoms with van der Waals surface area (Å²) in [5, 5.41) is 9.42. The highest BCUT2D eigenvalue weighted by Crippen LogP contribution is 2.14. The summed E-state index contributed by atoms with van der Waals surface area (Å²) in [6.45, 7) is 10.3. The Bertz CT molecular complexity index is 200. The minimum Gasteiger partial charge on any atom is -0.501 e. The number of aliphatic hydroxyl groups excluding tert-OH is 1. The van der Waals surface area contributed by atoms with Gasteiger partial charge >= 0.3 is 0 Å². The van der Waals surface area contributed by atoms with Crippen molar-refractivity contribution in [1.29, 1.82) is 0 Å². The topological polar surface area (TPSA) is 23.5 Å². The zero-order valence-corrected chi connectivity index (χ0v) is 10.7. The fraction of sp³-hybridized carbons (Fsp3) is 0.667. The summed E-state index contributed by atoms with van der Waals surface area (Å²) in [7, 11) is 0.631. The molecule has 0 bridgehead atoms. The van der Waals surface area contributed by atoms with Crippen LogP contribution in [0, 0.1) is 0 Å². The van der Waals surface area contributed by atoms with Gasteiger partial charge in [-0.2, -0.15) is 0 Å². The molecule has 0 aromatic rings. The first kappa shape index (κ1) is 12.8. The van der Waals surface area contributed by atoms with Gasteiger partial charge in [0.1, 0.15) is 8.24 Å². The number of hydrogen-bond donors (Lipinski definition) is 1. The lowest BCUT2D eigenvalue weighted by Gasteiger charge is -2.35. The van der Waals surface area contributed by atoms with Gasteiger partial charge in [-0.15, -0.1) is 6.58 Å². The van der Waals surface area contributed by atoms with Crippen LogP contribution in [0.25, 0.3) is 0 Å². The van der Waals surface area contributed by atoms with Crippen molar-refractivity contribution in [1.82, 2.24) is 4.57 Å². The quantitative estimate of drug-likeness (QED) is 0.435. The van der Waals surface area contributed by atoms with Gasteiger partial charge in [0.15, 0.2) is 5.05 Å². The second-order valence-corrected chi connectivity index (χ2v) is 9.63. The van der Waals surface area contributed by atoms with Gasteiger partial charge in [0.25, 0.3) is 0 Å². The summed E-state index contributed by atoms with van der Waals surface area (Å²) in [5.41, 5.74) is 0. The molecular weight excluding hydrogens is 198 g/mol. The molecule has 1 unspecified atom stereocenters. The lowest BCUT2D eigenvalue weighted by Crippen LogP contribution is -2.51. The van der Waals surface area contributed by atoms with Crippen molar-refractivity contribution >= 4 is 25.5 Å². The first-order chi connectivity index (χ1) is 5.80. The van der Waals surface area contributed by atoms with Crippen molar-refractivity contribution < 1.29 is 5.11 Å². The predicted molar refractivity (Wildman–Crippen MR) is 64.9 cm³/mol.